The molecule has 2 unspecified atom stereocenters. The van der Waals surface area contributed by atoms with Crippen LogP contribution < -0.4 is 0 Å². The molecule has 0 bridgehead atoms. The fourth-order valence-corrected chi connectivity index (χ4v) is 3.58. The smallest absolute Gasteiger partial charge is 0.0214 e. The molecule has 2 atom stereocenters. The summed E-state index contributed by atoms with van der Waals surface area (Å²) in [6, 6.07) is 9.29. The lowest BCUT2D eigenvalue weighted by atomic mass is 9.81. The molecular formula is C16H23Br. The summed E-state index contributed by atoms with van der Waals surface area (Å²) in [5, 5.41) is 0. The van der Waals surface area contributed by atoms with Crippen molar-refractivity contribution in [2.45, 2.75) is 62.6 Å². The van der Waals surface area contributed by atoms with Crippen LogP contribution in [0.2, 0.25) is 0 Å². The van der Waals surface area contributed by atoms with Crippen LogP contribution in [0.4, 0.5) is 0 Å². The number of hydrogen-bond acceptors (Lipinski definition) is 0. The van der Waals surface area contributed by atoms with Crippen LogP contribution in [-0.2, 0) is 5.41 Å². The molecule has 1 aromatic carbocycles. The summed E-state index contributed by atoms with van der Waals surface area (Å²) in [4.78, 5) is 0.678. The van der Waals surface area contributed by atoms with Crippen LogP contribution in [0.3, 0.4) is 0 Å². The van der Waals surface area contributed by atoms with Gasteiger partial charge in [-0.25, -0.2) is 0 Å². The summed E-state index contributed by atoms with van der Waals surface area (Å²) >= 11 is 3.85. The highest BCUT2D eigenvalue weighted by Gasteiger charge is 2.24. The first kappa shape index (κ1) is 13.1. The minimum atomic E-state index is 0.263. The third-order valence-electron chi connectivity index (χ3n) is 3.89. The molecule has 0 heterocycles. The van der Waals surface area contributed by atoms with Crippen LogP contribution >= 0.6 is 15.9 Å². The van der Waals surface area contributed by atoms with Crippen molar-refractivity contribution in [3.05, 3.63) is 35.4 Å². The molecule has 0 nitrogen and oxygen atoms in total. The Morgan fingerprint density at radius 3 is 2.12 bits per heavy atom. The van der Waals surface area contributed by atoms with E-state index in [-0.39, 0.29) is 5.41 Å². The molecule has 1 heteroatoms. The molecule has 1 saturated carbocycles. The van der Waals surface area contributed by atoms with Crippen molar-refractivity contribution in [1.29, 1.82) is 0 Å². The molecule has 1 aliphatic rings. The summed E-state index contributed by atoms with van der Waals surface area (Å²) in [5.41, 5.74) is 3.21. The minimum absolute atomic E-state index is 0.263. The van der Waals surface area contributed by atoms with Gasteiger partial charge in [-0.05, 0) is 35.3 Å². The maximum atomic E-state index is 3.85. The Morgan fingerprint density at radius 1 is 1.00 bits per heavy atom. The van der Waals surface area contributed by atoms with Crippen LogP contribution in [0, 0.1) is 0 Å². The van der Waals surface area contributed by atoms with Crippen molar-refractivity contribution >= 4 is 15.9 Å². The Morgan fingerprint density at radius 2 is 1.59 bits per heavy atom. The fraction of sp³-hybridized carbons (Fsp3) is 0.625. The largest absolute Gasteiger partial charge is 0.0884 e. The number of halogens is 1. The first-order valence-corrected chi connectivity index (χ1v) is 7.64. The maximum absolute atomic E-state index is 3.85. The van der Waals surface area contributed by atoms with Crippen LogP contribution in [0.15, 0.2) is 24.3 Å². The summed E-state index contributed by atoms with van der Waals surface area (Å²) in [6.45, 7) is 6.82. The van der Waals surface area contributed by atoms with Crippen LogP contribution in [0.25, 0.3) is 0 Å². The summed E-state index contributed by atoms with van der Waals surface area (Å²) in [7, 11) is 0. The molecule has 0 N–H and O–H groups in total. The molecule has 0 spiro atoms. The normalized spacial score (nSPS) is 25.9. The van der Waals surface area contributed by atoms with Gasteiger partial charge in [0.25, 0.3) is 0 Å². The van der Waals surface area contributed by atoms with Gasteiger partial charge < -0.3 is 0 Å². The first-order chi connectivity index (χ1) is 7.98. The van der Waals surface area contributed by atoms with E-state index in [0.29, 0.717) is 4.83 Å². The molecule has 17 heavy (non-hydrogen) atoms. The van der Waals surface area contributed by atoms with Gasteiger partial charge in [-0.2, -0.15) is 0 Å². The second-order valence-corrected chi connectivity index (χ2v) is 7.46. The van der Waals surface area contributed by atoms with E-state index in [9.17, 15) is 0 Å². The van der Waals surface area contributed by atoms with E-state index in [0.717, 1.165) is 5.92 Å². The van der Waals surface area contributed by atoms with E-state index in [1.165, 1.54) is 36.8 Å². The molecule has 2 rings (SSSR count). The summed E-state index contributed by atoms with van der Waals surface area (Å²) < 4.78 is 0. The fourth-order valence-electron chi connectivity index (χ4n) is 2.69. The Kier molecular flexibility index (Phi) is 3.97. The Balaban J connectivity index is 2.17. The zero-order chi connectivity index (χ0) is 12.5. The summed E-state index contributed by atoms with van der Waals surface area (Å²) in [6.07, 6.45) is 5.43. The standard InChI is InChI=1S/C16H23Br/c1-16(2,3)13-10-8-12(9-11-13)14-6-4-5-7-15(14)17/h8-11,14-15H,4-7H2,1-3H3. The van der Waals surface area contributed by atoms with Crippen molar-refractivity contribution in [1.82, 2.24) is 0 Å². The van der Waals surface area contributed by atoms with E-state index >= 15 is 0 Å². The van der Waals surface area contributed by atoms with Gasteiger partial charge in [0, 0.05) is 4.83 Å². The van der Waals surface area contributed by atoms with Gasteiger partial charge in [-0.1, -0.05) is 73.8 Å². The van der Waals surface area contributed by atoms with E-state index in [4.69, 9.17) is 0 Å². The van der Waals surface area contributed by atoms with Crippen LogP contribution in [-0.4, -0.2) is 4.83 Å². The van der Waals surface area contributed by atoms with Gasteiger partial charge in [0.1, 0.15) is 0 Å². The lowest BCUT2D eigenvalue weighted by Gasteiger charge is -2.28. The topological polar surface area (TPSA) is 0 Å². The van der Waals surface area contributed by atoms with Crippen molar-refractivity contribution < 1.29 is 0 Å². The SMILES string of the molecule is CC(C)(C)c1ccc(C2CCCCC2Br)cc1. The Bertz CT molecular complexity index is 358. The number of benzene rings is 1. The molecule has 0 aliphatic heterocycles. The molecule has 0 radical (unpaired) electrons. The highest BCUT2D eigenvalue weighted by molar-refractivity contribution is 9.09. The highest BCUT2D eigenvalue weighted by atomic mass is 79.9. The predicted molar refractivity (Wildman–Crippen MR) is 79.1 cm³/mol. The summed E-state index contributed by atoms with van der Waals surface area (Å²) in [5.74, 6) is 0.720. The van der Waals surface area contributed by atoms with Crippen molar-refractivity contribution in [3.8, 4) is 0 Å². The number of alkyl halides is 1. The average molecular weight is 295 g/mol. The molecule has 1 fully saturated rings. The van der Waals surface area contributed by atoms with Crippen molar-refractivity contribution in [2.75, 3.05) is 0 Å². The van der Waals surface area contributed by atoms with Crippen LogP contribution in [0.5, 0.6) is 0 Å². The molecule has 0 amide bonds. The number of hydrogen-bond donors (Lipinski definition) is 0. The third kappa shape index (κ3) is 3.13. The van der Waals surface area contributed by atoms with Gasteiger partial charge in [0.05, 0.1) is 0 Å². The molecule has 1 aliphatic carbocycles. The Hall–Kier alpha value is -0.300. The third-order valence-corrected chi connectivity index (χ3v) is 4.98. The Labute approximate surface area is 114 Å². The van der Waals surface area contributed by atoms with Crippen molar-refractivity contribution in [2.24, 2.45) is 0 Å². The average Bonchev–Trinajstić information content (AvgIpc) is 2.29. The predicted octanol–water partition coefficient (Wildman–Crippen LogP) is 5.41. The lowest BCUT2D eigenvalue weighted by Crippen LogP contribution is -2.17. The lowest BCUT2D eigenvalue weighted by molar-refractivity contribution is 0.460. The number of rotatable bonds is 1. The van der Waals surface area contributed by atoms with E-state index in [1.807, 2.05) is 0 Å². The molecule has 1 aromatic rings. The van der Waals surface area contributed by atoms with Gasteiger partial charge in [-0.15, -0.1) is 0 Å². The first-order valence-electron chi connectivity index (χ1n) is 6.73. The molecular weight excluding hydrogens is 272 g/mol. The zero-order valence-corrected chi connectivity index (χ0v) is 12.8. The quantitative estimate of drug-likeness (QED) is 0.608. The molecule has 0 aromatic heterocycles. The molecule has 0 saturated heterocycles. The zero-order valence-electron chi connectivity index (χ0n) is 11.2. The van der Waals surface area contributed by atoms with Crippen LogP contribution in [0.1, 0.15) is 63.5 Å². The van der Waals surface area contributed by atoms with Gasteiger partial charge in [0.2, 0.25) is 0 Å². The second-order valence-electron chi connectivity index (χ2n) is 6.28. The highest BCUT2D eigenvalue weighted by Crippen LogP contribution is 2.38. The second kappa shape index (κ2) is 5.14. The van der Waals surface area contributed by atoms with Gasteiger partial charge in [-0.3, -0.25) is 0 Å². The van der Waals surface area contributed by atoms with E-state index < -0.39 is 0 Å². The maximum Gasteiger partial charge on any atom is 0.0214 e. The van der Waals surface area contributed by atoms with Crippen molar-refractivity contribution in [3.63, 3.8) is 0 Å². The van der Waals surface area contributed by atoms with E-state index in [1.54, 1.807) is 0 Å². The monoisotopic (exact) mass is 294 g/mol. The van der Waals surface area contributed by atoms with E-state index in [2.05, 4.69) is 61.0 Å². The van der Waals surface area contributed by atoms with Gasteiger partial charge >= 0.3 is 0 Å². The molecule has 94 valence electrons. The van der Waals surface area contributed by atoms with Gasteiger partial charge in [0.15, 0.2) is 0 Å². The minimum Gasteiger partial charge on any atom is -0.0884 e.